The largest absolute Gasteiger partial charge is 0.416 e. The number of benzene rings is 3. The smallest absolute Gasteiger partial charge is 0.325 e. The molecule has 8 heteroatoms. The van der Waals surface area contributed by atoms with Gasteiger partial charge in [0.05, 0.1) is 16.8 Å². The van der Waals surface area contributed by atoms with E-state index in [1.807, 2.05) is 0 Å². The molecule has 3 rings (SSSR count). The molecule has 0 atom stereocenters. The van der Waals surface area contributed by atoms with E-state index < -0.39 is 29.4 Å². The van der Waals surface area contributed by atoms with E-state index in [9.17, 15) is 31.1 Å². The molecule has 0 saturated heterocycles. The molecule has 0 heterocycles. The Morgan fingerprint density at radius 3 is 1.33 bits per heavy atom. The molecular weight excluding hydrogens is 408 g/mol. The fourth-order valence-corrected chi connectivity index (χ4v) is 3.02. The Hall–Kier alpha value is -3.29. The molecule has 3 aromatic carbocycles. The standard InChI is InChI=1S/C22H15F6NO/c1-13(30)29-20-18(14-5-9-16(10-6-14)21(23,24)25)3-2-4-19(20)15-7-11-17(12-8-15)22(26,27)28/h2-12H,1H3,(H,29,30). The lowest BCUT2D eigenvalue weighted by atomic mass is 9.94. The third kappa shape index (κ3) is 4.64. The quantitative estimate of drug-likeness (QED) is 0.451. The molecule has 0 bridgehead atoms. The lowest BCUT2D eigenvalue weighted by Crippen LogP contribution is -2.09. The van der Waals surface area contributed by atoms with Crippen molar-refractivity contribution in [1.82, 2.24) is 0 Å². The van der Waals surface area contributed by atoms with Crippen molar-refractivity contribution >= 4 is 11.6 Å². The number of alkyl halides is 6. The topological polar surface area (TPSA) is 29.1 Å². The van der Waals surface area contributed by atoms with Gasteiger partial charge in [0, 0.05) is 18.1 Å². The first-order valence-electron chi connectivity index (χ1n) is 8.72. The summed E-state index contributed by atoms with van der Waals surface area (Å²) < 4.78 is 77.0. The molecule has 2 nitrogen and oxygen atoms in total. The first-order valence-corrected chi connectivity index (χ1v) is 8.72. The lowest BCUT2D eigenvalue weighted by Gasteiger charge is -2.17. The number of carbonyl (C=O) groups is 1. The number of hydrogen-bond acceptors (Lipinski definition) is 1. The summed E-state index contributed by atoms with van der Waals surface area (Å²) >= 11 is 0. The summed E-state index contributed by atoms with van der Waals surface area (Å²) in [5, 5.41) is 2.65. The van der Waals surface area contributed by atoms with Gasteiger partial charge in [0.25, 0.3) is 0 Å². The normalized spacial score (nSPS) is 12.0. The second kappa shape index (κ2) is 7.85. The summed E-state index contributed by atoms with van der Waals surface area (Å²) in [6, 6.07) is 13.7. The van der Waals surface area contributed by atoms with Gasteiger partial charge in [0.2, 0.25) is 5.91 Å². The summed E-state index contributed by atoms with van der Waals surface area (Å²) in [5.74, 6) is -0.428. The minimum Gasteiger partial charge on any atom is -0.325 e. The number of carbonyl (C=O) groups excluding carboxylic acids is 1. The molecule has 0 unspecified atom stereocenters. The Bertz CT molecular complexity index is 975. The first-order chi connectivity index (χ1) is 14.0. The first kappa shape index (κ1) is 21.4. The fraction of sp³-hybridized carbons (Fsp3) is 0.136. The minimum atomic E-state index is -4.49. The van der Waals surface area contributed by atoms with Crippen LogP contribution in [0.2, 0.25) is 0 Å². The molecule has 0 fully saturated rings. The van der Waals surface area contributed by atoms with E-state index in [-0.39, 0.29) is 0 Å². The molecule has 0 aliphatic carbocycles. The zero-order chi connectivity index (χ0) is 22.1. The molecule has 156 valence electrons. The van der Waals surface area contributed by atoms with Crippen LogP contribution < -0.4 is 5.32 Å². The van der Waals surface area contributed by atoms with Crippen molar-refractivity contribution in [3.8, 4) is 22.3 Å². The highest BCUT2D eigenvalue weighted by Crippen LogP contribution is 2.39. The summed E-state index contributed by atoms with van der Waals surface area (Å²) in [4.78, 5) is 11.7. The second-order valence-corrected chi connectivity index (χ2v) is 6.56. The predicted molar refractivity (Wildman–Crippen MR) is 102 cm³/mol. The van der Waals surface area contributed by atoms with Crippen molar-refractivity contribution < 1.29 is 31.1 Å². The molecule has 1 amide bonds. The van der Waals surface area contributed by atoms with Crippen LogP contribution in [0.25, 0.3) is 22.3 Å². The number of anilines is 1. The molecule has 0 saturated carbocycles. The zero-order valence-corrected chi connectivity index (χ0v) is 15.5. The van der Waals surface area contributed by atoms with Crippen molar-refractivity contribution in [1.29, 1.82) is 0 Å². The van der Waals surface area contributed by atoms with Gasteiger partial charge < -0.3 is 5.32 Å². The van der Waals surface area contributed by atoms with Crippen LogP contribution in [0.4, 0.5) is 32.0 Å². The Morgan fingerprint density at radius 1 is 0.667 bits per heavy atom. The van der Waals surface area contributed by atoms with Gasteiger partial charge >= 0.3 is 12.4 Å². The van der Waals surface area contributed by atoms with Gasteiger partial charge in [-0.2, -0.15) is 26.3 Å². The van der Waals surface area contributed by atoms with Crippen LogP contribution in [-0.2, 0) is 17.1 Å². The van der Waals surface area contributed by atoms with Gasteiger partial charge in [0.15, 0.2) is 0 Å². The lowest BCUT2D eigenvalue weighted by molar-refractivity contribution is -0.138. The van der Waals surface area contributed by atoms with E-state index in [0.717, 1.165) is 24.3 Å². The maximum Gasteiger partial charge on any atom is 0.416 e. The Balaban J connectivity index is 2.11. The van der Waals surface area contributed by atoms with Gasteiger partial charge in [-0.1, -0.05) is 42.5 Å². The van der Waals surface area contributed by atoms with Crippen LogP contribution in [-0.4, -0.2) is 5.91 Å². The van der Waals surface area contributed by atoms with E-state index in [1.54, 1.807) is 18.2 Å². The van der Waals surface area contributed by atoms with Crippen molar-refractivity contribution in [3.63, 3.8) is 0 Å². The maximum atomic E-state index is 12.8. The van der Waals surface area contributed by atoms with Crippen molar-refractivity contribution in [2.75, 3.05) is 5.32 Å². The monoisotopic (exact) mass is 423 g/mol. The third-order valence-corrected chi connectivity index (χ3v) is 4.41. The van der Waals surface area contributed by atoms with Crippen LogP contribution in [0.1, 0.15) is 18.1 Å². The summed E-state index contributed by atoms with van der Waals surface area (Å²) in [7, 11) is 0. The summed E-state index contributed by atoms with van der Waals surface area (Å²) in [6.07, 6.45) is -8.97. The molecule has 30 heavy (non-hydrogen) atoms. The average Bonchev–Trinajstić information content (AvgIpc) is 2.67. The molecule has 0 aromatic heterocycles. The van der Waals surface area contributed by atoms with Crippen LogP contribution in [0.5, 0.6) is 0 Å². The highest BCUT2D eigenvalue weighted by Gasteiger charge is 2.31. The average molecular weight is 423 g/mol. The highest BCUT2D eigenvalue weighted by molar-refractivity contribution is 6.00. The zero-order valence-electron chi connectivity index (χ0n) is 15.5. The highest BCUT2D eigenvalue weighted by atomic mass is 19.4. The van der Waals surface area contributed by atoms with E-state index in [0.29, 0.717) is 27.9 Å². The number of rotatable bonds is 3. The number of nitrogens with one attached hydrogen (secondary N) is 1. The fourth-order valence-electron chi connectivity index (χ4n) is 3.02. The van der Waals surface area contributed by atoms with Crippen molar-refractivity contribution in [3.05, 3.63) is 77.9 Å². The van der Waals surface area contributed by atoms with E-state index >= 15 is 0 Å². The Morgan fingerprint density at radius 2 is 1.03 bits per heavy atom. The van der Waals surface area contributed by atoms with Crippen LogP contribution in [0.15, 0.2) is 66.7 Å². The van der Waals surface area contributed by atoms with E-state index in [4.69, 9.17) is 0 Å². The predicted octanol–water partition coefficient (Wildman–Crippen LogP) is 7.02. The SMILES string of the molecule is CC(=O)Nc1c(-c2ccc(C(F)(F)F)cc2)cccc1-c1ccc(C(F)(F)F)cc1. The third-order valence-electron chi connectivity index (χ3n) is 4.41. The molecule has 1 N–H and O–H groups in total. The summed E-state index contributed by atoms with van der Waals surface area (Å²) in [5.41, 5.74) is 0.385. The van der Waals surface area contributed by atoms with Crippen LogP contribution in [0.3, 0.4) is 0 Å². The number of para-hydroxylation sites is 1. The Kier molecular flexibility index (Phi) is 5.61. The minimum absolute atomic E-state index is 0.296. The molecule has 0 aliphatic rings. The maximum absolute atomic E-state index is 12.8. The second-order valence-electron chi connectivity index (χ2n) is 6.56. The molecular formula is C22H15F6NO. The van der Waals surface area contributed by atoms with Crippen LogP contribution >= 0.6 is 0 Å². The van der Waals surface area contributed by atoms with E-state index in [1.165, 1.54) is 31.2 Å². The van der Waals surface area contributed by atoms with E-state index in [2.05, 4.69) is 5.32 Å². The van der Waals surface area contributed by atoms with Crippen LogP contribution in [0, 0.1) is 0 Å². The number of amides is 1. The number of hydrogen-bond donors (Lipinski definition) is 1. The van der Waals surface area contributed by atoms with Crippen molar-refractivity contribution in [2.45, 2.75) is 19.3 Å². The van der Waals surface area contributed by atoms with Gasteiger partial charge in [-0.15, -0.1) is 0 Å². The number of halogens is 6. The van der Waals surface area contributed by atoms with Gasteiger partial charge in [-0.25, -0.2) is 0 Å². The summed E-state index contributed by atoms with van der Waals surface area (Å²) in [6.45, 7) is 1.26. The molecule has 0 spiro atoms. The molecule has 0 aliphatic heterocycles. The molecule has 3 aromatic rings. The van der Waals surface area contributed by atoms with Crippen molar-refractivity contribution in [2.24, 2.45) is 0 Å². The molecule has 0 radical (unpaired) electrons. The Labute approximate surface area is 168 Å². The van der Waals surface area contributed by atoms with Gasteiger partial charge in [-0.05, 0) is 35.4 Å². The van der Waals surface area contributed by atoms with Gasteiger partial charge in [-0.3, -0.25) is 4.79 Å². The van der Waals surface area contributed by atoms with Gasteiger partial charge in [0.1, 0.15) is 0 Å².